The highest BCUT2D eigenvalue weighted by Crippen LogP contribution is 2.11. The smallest absolute Gasteiger partial charge is 0.123 e. The first kappa shape index (κ1) is 15.1. The van der Waals surface area contributed by atoms with E-state index in [-0.39, 0.29) is 5.82 Å². The maximum Gasteiger partial charge on any atom is 0.123 e. The Morgan fingerprint density at radius 1 is 1.28 bits per heavy atom. The van der Waals surface area contributed by atoms with Gasteiger partial charge in [-0.3, -0.25) is 0 Å². The van der Waals surface area contributed by atoms with Gasteiger partial charge in [-0.15, -0.1) is 0 Å². The van der Waals surface area contributed by atoms with Gasteiger partial charge in [-0.25, -0.2) is 4.39 Å². The lowest BCUT2D eigenvalue weighted by atomic mass is 10.0. The van der Waals surface area contributed by atoms with Crippen molar-refractivity contribution in [3.05, 3.63) is 35.1 Å². The van der Waals surface area contributed by atoms with Crippen LogP contribution in [0.1, 0.15) is 25.0 Å². The molecule has 1 aromatic carbocycles. The molecule has 1 N–H and O–H groups in total. The van der Waals surface area contributed by atoms with Gasteiger partial charge >= 0.3 is 0 Å². The van der Waals surface area contributed by atoms with Crippen molar-refractivity contribution in [3.8, 4) is 0 Å². The summed E-state index contributed by atoms with van der Waals surface area (Å²) >= 11 is 0. The van der Waals surface area contributed by atoms with Crippen LogP contribution in [0.5, 0.6) is 0 Å². The molecule has 0 radical (unpaired) electrons. The van der Waals surface area contributed by atoms with Gasteiger partial charge in [0.15, 0.2) is 0 Å². The Labute approximate surface area is 110 Å². The second kappa shape index (κ2) is 6.86. The van der Waals surface area contributed by atoms with E-state index in [1.165, 1.54) is 6.07 Å². The van der Waals surface area contributed by atoms with Gasteiger partial charge in [0.25, 0.3) is 0 Å². The zero-order valence-electron chi connectivity index (χ0n) is 12.1. The second-order valence-corrected chi connectivity index (χ2v) is 5.56. The lowest BCUT2D eigenvalue weighted by molar-refractivity contribution is 0.288. The molecule has 0 saturated carbocycles. The first-order valence-corrected chi connectivity index (χ1v) is 6.53. The quantitative estimate of drug-likeness (QED) is 0.837. The molecule has 0 saturated heterocycles. The Kier molecular flexibility index (Phi) is 5.76. The van der Waals surface area contributed by atoms with Crippen molar-refractivity contribution < 1.29 is 4.39 Å². The molecule has 0 bridgehead atoms. The Hall–Kier alpha value is -0.930. The molecule has 1 rings (SSSR count). The van der Waals surface area contributed by atoms with E-state index in [1.54, 1.807) is 6.07 Å². The third kappa shape index (κ3) is 4.75. The summed E-state index contributed by atoms with van der Waals surface area (Å²) in [6.45, 7) is 8.15. The van der Waals surface area contributed by atoms with E-state index in [1.807, 2.05) is 13.0 Å². The summed E-state index contributed by atoms with van der Waals surface area (Å²) in [4.78, 5) is 2.18. The molecular formula is C15H25FN2. The number of likely N-dealkylation sites (N-methyl/N-ethyl adjacent to an activating group) is 1. The fourth-order valence-corrected chi connectivity index (χ4v) is 1.98. The molecular weight excluding hydrogens is 227 g/mol. The Morgan fingerprint density at radius 3 is 2.50 bits per heavy atom. The first-order chi connectivity index (χ1) is 8.40. The third-order valence-electron chi connectivity index (χ3n) is 3.23. The standard InChI is InChI=1S/C15H25FN2/c1-11(2)15(10-18(4)5)17-9-13-8-14(16)7-6-12(13)3/h6-8,11,15,17H,9-10H2,1-5H3. The molecule has 0 fully saturated rings. The minimum Gasteiger partial charge on any atom is -0.308 e. The number of hydrogen-bond acceptors (Lipinski definition) is 2. The molecule has 18 heavy (non-hydrogen) atoms. The lowest BCUT2D eigenvalue weighted by Crippen LogP contribution is -2.41. The zero-order chi connectivity index (χ0) is 13.7. The molecule has 102 valence electrons. The molecule has 0 heterocycles. The zero-order valence-corrected chi connectivity index (χ0v) is 12.1. The predicted octanol–water partition coefficient (Wildman–Crippen LogP) is 2.81. The van der Waals surface area contributed by atoms with E-state index in [2.05, 4.69) is 38.2 Å². The predicted molar refractivity (Wildman–Crippen MR) is 75.2 cm³/mol. The van der Waals surface area contributed by atoms with Crippen LogP contribution in [0.3, 0.4) is 0 Å². The minimum atomic E-state index is -0.161. The summed E-state index contributed by atoms with van der Waals surface area (Å²) < 4.78 is 13.2. The van der Waals surface area contributed by atoms with E-state index < -0.39 is 0 Å². The van der Waals surface area contributed by atoms with E-state index in [9.17, 15) is 4.39 Å². The summed E-state index contributed by atoms with van der Waals surface area (Å²) in [5.74, 6) is 0.396. The number of nitrogens with zero attached hydrogens (tertiary/aromatic N) is 1. The molecule has 1 atom stereocenters. The fraction of sp³-hybridized carbons (Fsp3) is 0.600. The number of hydrogen-bond donors (Lipinski definition) is 1. The van der Waals surface area contributed by atoms with Crippen molar-refractivity contribution in [2.24, 2.45) is 5.92 Å². The largest absolute Gasteiger partial charge is 0.308 e. The summed E-state index contributed by atoms with van der Waals surface area (Å²) in [7, 11) is 4.15. The van der Waals surface area contributed by atoms with E-state index in [0.717, 1.165) is 24.2 Å². The molecule has 0 aliphatic rings. The molecule has 3 heteroatoms. The summed E-state index contributed by atoms with van der Waals surface area (Å²) in [6, 6.07) is 5.39. The summed E-state index contributed by atoms with van der Waals surface area (Å²) in [6.07, 6.45) is 0. The van der Waals surface area contributed by atoms with Gasteiger partial charge in [0, 0.05) is 19.1 Å². The Bertz CT molecular complexity index is 375. The van der Waals surface area contributed by atoms with E-state index in [4.69, 9.17) is 0 Å². The molecule has 1 aromatic rings. The number of rotatable bonds is 6. The van der Waals surface area contributed by atoms with Crippen molar-refractivity contribution >= 4 is 0 Å². The highest BCUT2D eigenvalue weighted by Gasteiger charge is 2.14. The van der Waals surface area contributed by atoms with Crippen LogP contribution in [0, 0.1) is 18.7 Å². The second-order valence-electron chi connectivity index (χ2n) is 5.56. The average Bonchev–Trinajstić information content (AvgIpc) is 2.27. The monoisotopic (exact) mass is 252 g/mol. The highest BCUT2D eigenvalue weighted by atomic mass is 19.1. The van der Waals surface area contributed by atoms with E-state index in [0.29, 0.717) is 12.0 Å². The van der Waals surface area contributed by atoms with Crippen LogP contribution in [-0.4, -0.2) is 31.6 Å². The van der Waals surface area contributed by atoms with Crippen LogP contribution in [0.4, 0.5) is 4.39 Å². The van der Waals surface area contributed by atoms with Gasteiger partial charge in [0.05, 0.1) is 0 Å². The average molecular weight is 252 g/mol. The number of halogens is 1. The van der Waals surface area contributed by atoms with Gasteiger partial charge in [0.1, 0.15) is 5.82 Å². The third-order valence-corrected chi connectivity index (χ3v) is 3.23. The molecule has 0 aliphatic carbocycles. The topological polar surface area (TPSA) is 15.3 Å². The van der Waals surface area contributed by atoms with Crippen molar-refractivity contribution in [3.63, 3.8) is 0 Å². The Balaban J connectivity index is 2.63. The van der Waals surface area contributed by atoms with Crippen molar-refractivity contribution in [1.29, 1.82) is 0 Å². The van der Waals surface area contributed by atoms with Gasteiger partial charge in [0.2, 0.25) is 0 Å². The number of nitrogens with one attached hydrogen (secondary N) is 1. The number of benzene rings is 1. The van der Waals surface area contributed by atoms with Gasteiger partial charge in [-0.1, -0.05) is 19.9 Å². The normalized spacial score (nSPS) is 13.3. The van der Waals surface area contributed by atoms with Gasteiger partial charge < -0.3 is 10.2 Å². The molecule has 0 aliphatic heterocycles. The van der Waals surface area contributed by atoms with Crippen LogP contribution < -0.4 is 5.32 Å². The summed E-state index contributed by atoms with van der Waals surface area (Å²) in [5.41, 5.74) is 2.18. The van der Waals surface area contributed by atoms with Crippen LogP contribution in [0.25, 0.3) is 0 Å². The first-order valence-electron chi connectivity index (χ1n) is 6.53. The van der Waals surface area contributed by atoms with E-state index >= 15 is 0 Å². The molecule has 0 spiro atoms. The number of aryl methyl sites for hydroxylation is 1. The minimum absolute atomic E-state index is 0.161. The van der Waals surface area contributed by atoms with Crippen LogP contribution in [0.15, 0.2) is 18.2 Å². The lowest BCUT2D eigenvalue weighted by Gasteiger charge is -2.26. The molecule has 1 unspecified atom stereocenters. The van der Waals surface area contributed by atoms with Crippen molar-refractivity contribution in [2.45, 2.75) is 33.4 Å². The maximum atomic E-state index is 13.2. The fourth-order valence-electron chi connectivity index (χ4n) is 1.98. The highest BCUT2D eigenvalue weighted by molar-refractivity contribution is 5.26. The van der Waals surface area contributed by atoms with Crippen molar-refractivity contribution in [2.75, 3.05) is 20.6 Å². The van der Waals surface area contributed by atoms with Crippen LogP contribution >= 0.6 is 0 Å². The maximum absolute atomic E-state index is 13.2. The molecule has 0 amide bonds. The van der Waals surface area contributed by atoms with Crippen LogP contribution in [0.2, 0.25) is 0 Å². The van der Waals surface area contributed by atoms with Crippen LogP contribution in [-0.2, 0) is 6.54 Å². The SMILES string of the molecule is Cc1ccc(F)cc1CNC(CN(C)C)C(C)C. The van der Waals surface area contributed by atoms with Crippen molar-refractivity contribution in [1.82, 2.24) is 10.2 Å². The van der Waals surface area contributed by atoms with Gasteiger partial charge in [-0.2, -0.15) is 0 Å². The van der Waals surface area contributed by atoms with Gasteiger partial charge in [-0.05, 0) is 50.2 Å². The summed E-state index contributed by atoms with van der Waals surface area (Å²) in [5, 5.41) is 3.53. The molecule has 0 aromatic heterocycles. The Morgan fingerprint density at radius 2 is 1.94 bits per heavy atom. The molecule has 2 nitrogen and oxygen atoms in total.